The van der Waals surface area contributed by atoms with Crippen molar-refractivity contribution in [2.24, 2.45) is 0 Å². The second-order valence-electron chi connectivity index (χ2n) is 5.25. The van der Waals surface area contributed by atoms with Crippen LogP contribution in [0.25, 0.3) is 0 Å². The molecule has 0 saturated heterocycles. The van der Waals surface area contributed by atoms with Crippen LogP contribution < -0.4 is 5.32 Å². The van der Waals surface area contributed by atoms with Gasteiger partial charge in [-0.2, -0.15) is 0 Å². The van der Waals surface area contributed by atoms with Crippen LogP contribution in [0.5, 0.6) is 0 Å². The van der Waals surface area contributed by atoms with Gasteiger partial charge in [0.1, 0.15) is 0 Å². The summed E-state index contributed by atoms with van der Waals surface area (Å²) in [7, 11) is 0. The molecule has 0 radical (unpaired) electrons. The summed E-state index contributed by atoms with van der Waals surface area (Å²) in [6, 6.07) is 6.97. The minimum Gasteiger partial charge on any atom is -0.313 e. The molecule has 0 atom stereocenters. The second kappa shape index (κ2) is 7.20. The molecule has 0 aromatic heterocycles. The van der Waals surface area contributed by atoms with Crippen LogP contribution in [0.3, 0.4) is 0 Å². The minimum atomic E-state index is 0.859. The number of benzene rings is 1. The Labute approximate surface area is 116 Å². The molecule has 2 rings (SSSR count). The van der Waals surface area contributed by atoms with E-state index in [0.29, 0.717) is 0 Å². The van der Waals surface area contributed by atoms with E-state index in [4.69, 9.17) is 0 Å². The van der Waals surface area contributed by atoms with Crippen molar-refractivity contribution >= 4 is 11.8 Å². The number of rotatable bonds is 5. The summed E-state index contributed by atoms with van der Waals surface area (Å²) in [4.78, 5) is 1.46. The summed E-state index contributed by atoms with van der Waals surface area (Å²) in [6.45, 7) is 6.43. The van der Waals surface area contributed by atoms with E-state index in [2.05, 4.69) is 49.1 Å². The summed E-state index contributed by atoms with van der Waals surface area (Å²) < 4.78 is 0. The predicted octanol–water partition coefficient (Wildman–Crippen LogP) is 4.53. The second-order valence-corrected chi connectivity index (χ2v) is 6.62. The average Bonchev–Trinajstić information content (AvgIpc) is 2.39. The zero-order valence-corrected chi connectivity index (χ0v) is 12.5. The lowest BCUT2D eigenvalue weighted by atomic mass is 10.0. The van der Waals surface area contributed by atoms with Crippen molar-refractivity contribution in [1.82, 2.24) is 5.32 Å². The Balaban J connectivity index is 1.94. The van der Waals surface area contributed by atoms with Gasteiger partial charge in [-0.3, -0.25) is 0 Å². The van der Waals surface area contributed by atoms with Gasteiger partial charge in [-0.1, -0.05) is 32.3 Å². The molecule has 0 spiro atoms. The van der Waals surface area contributed by atoms with Crippen molar-refractivity contribution in [3.63, 3.8) is 0 Å². The molecule has 1 N–H and O–H groups in total. The molecule has 1 nitrogen and oxygen atoms in total. The van der Waals surface area contributed by atoms with Crippen molar-refractivity contribution in [2.45, 2.75) is 62.6 Å². The molecule has 0 amide bonds. The molecule has 1 fully saturated rings. The van der Waals surface area contributed by atoms with Crippen molar-refractivity contribution in [3.05, 3.63) is 29.3 Å². The molecule has 1 saturated carbocycles. The van der Waals surface area contributed by atoms with E-state index >= 15 is 0 Å². The molecule has 0 aliphatic heterocycles. The molecule has 0 heterocycles. The Hall–Kier alpha value is -0.470. The highest BCUT2D eigenvalue weighted by Crippen LogP contribution is 2.34. The van der Waals surface area contributed by atoms with Crippen LogP contribution in [0.4, 0.5) is 0 Å². The number of hydrogen-bond acceptors (Lipinski definition) is 2. The SMILES string of the molecule is CCNCc1ccc(SC2CCCCC2)cc1C. The fraction of sp³-hybridized carbons (Fsp3) is 0.625. The van der Waals surface area contributed by atoms with E-state index in [1.165, 1.54) is 48.1 Å². The Morgan fingerprint density at radius 3 is 2.67 bits per heavy atom. The quantitative estimate of drug-likeness (QED) is 0.837. The van der Waals surface area contributed by atoms with E-state index in [9.17, 15) is 0 Å². The van der Waals surface area contributed by atoms with Gasteiger partial charge in [0.05, 0.1) is 0 Å². The first-order valence-electron chi connectivity index (χ1n) is 7.26. The third-order valence-electron chi connectivity index (χ3n) is 3.73. The summed E-state index contributed by atoms with van der Waals surface area (Å²) >= 11 is 2.09. The van der Waals surface area contributed by atoms with Crippen LogP contribution in [0.1, 0.15) is 50.2 Å². The van der Waals surface area contributed by atoms with Crippen LogP contribution in [-0.2, 0) is 6.54 Å². The Morgan fingerprint density at radius 2 is 2.00 bits per heavy atom. The summed E-state index contributed by atoms with van der Waals surface area (Å²) in [5.74, 6) is 0. The number of aryl methyl sites for hydroxylation is 1. The molecule has 1 aromatic rings. The Bertz CT molecular complexity index is 369. The van der Waals surface area contributed by atoms with Gasteiger partial charge in [0, 0.05) is 16.7 Å². The van der Waals surface area contributed by atoms with Crippen molar-refractivity contribution in [3.8, 4) is 0 Å². The largest absolute Gasteiger partial charge is 0.313 e. The predicted molar refractivity (Wildman–Crippen MR) is 81.3 cm³/mol. The first kappa shape index (κ1) is 14.0. The average molecular weight is 263 g/mol. The van der Waals surface area contributed by atoms with Gasteiger partial charge in [-0.05, 0) is 49.6 Å². The van der Waals surface area contributed by atoms with E-state index in [-0.39, 0.29) is 0 Å². The van der Waals surface area contributed by atoms with Gasteiger partial charge in [0.2, 0.25) is 0 Å². The van der Waals surface area contributed by atoms with E-state index in [1.54, 1.807) is 0 Å². The third kappa shape index (κ3) is 4.03. The minimum absolute atomic E-state index is 0.859. The molecule has 100 valence electrons. The normalized spacial score (nSPS) is 17.0. The molecule has 18 heavy (non-hydrogen) atoms. The van der Waals surface area contributed by atoms with Gasteiger partial charge in [0.15, 0.2) is 0 Å². The molecular formula is C16H25NS. The number of thioether (sulfide) groups is 1. The zero-order chi connectivity index (χ0) is 12.8. The van der Waals surface area contributed by atoms with Gasteiger partial charge < -0.3 is 5.32 Å². The lowest BCUT2D eigenvalue weighted by molar-refractivity contribution is 0.516. The number of hydrogen-bond donors (Lipinski definition) is 1. The Kier molecular flexibility index (Phi) is 5.58. The summed E-state index contributed by atoms with van der Waals surface area (Å²) in [5.41, 5.74) is 2.86. The fourth-order valence-electron chi connectivity index (χ4n) is 2.58. The molecule has 1 aliphatic rings. The summed E-state index contributed by atoms with van der Waals surface area (Å²) in [5, 5.41) is 4.26. The Morgan fingerprint density at radius 1 is 1.22 bits per heavy atom. The highest BCUT2D eigenvalue weighted by atomic mass is 32.2. The molecular weight excluding hydrogens is 238 g/mol. The van der Waals surface area contributed by atoms with E-state index < -0.39 is 0 Å². The monoisotopic (exact) mass is 263 g/mol. The maximum absolute atomic E-state index is 3.40. The van der Waals surface area contributed by atoms with Gasteiger partial charge in [-0.25, -0.2) is 0 Å². The maximum Gasteiger partial charge on any atom is 0.0208 e. The topological polar surface area (TPSA) is 12.0 Å². The van der Waals surface area contributed by atoms with Gasteiger partial charge >= 0.3 is 0 Å². The van der Waals surface area contributed by atoms with Crippen molar-refractivity contribution < 1.29 is 0 Å². The molecule has 1 aliphatic carbocycles. The first-order chi connectivity index (χ1) is 8.79. The standard InChI is InChI=1S/C16H25NS/c1-3-17-12-14-9-10-16(11-13(14)2)18-15-7-5-4-6-8-15/h9-11,15,17H,3-8,12H2,1-2H3. The first-order valence-corrected chi connectivity index (χ1v) is 8.14. The molecule has 0 unspecified atom stereocenters. The highest BCUT2D eigenvalue weighted by molar-refractivity contribution is 8.00. The van der Waals surface area contributed by atoms with Crippen LogP contribution >= 0.6 is 11.8 Å². The highest BCUT2D eigenvalue weighted by Gasteiger charge is 2.14. The molecule has 2 heteroatoms. The van der Waals surface area contributed by atoms with Crippen molar-refractivity contribution in [1.29, 1.82) is 0 Å². The zero-order valence-electron chi connectivity index (χ0n) is 11.7. The van der Waals surface area contributed by atoms with Crippen molar-refractivity contribution in [2.75, 3.05) is 6.54 Å². The summed E-state index contributed by atoms with van der Waals surface area (Å²) in [6.07, 6.45) is 7.10. The maximum atomic E-state index is 3.40. The van der Waals surface area contributed by atoms with Crippen LogP contribution in [-0.4, -0.2) is 11.8 Å². The number of nitrogens with one attached hydrogen (secondary N) is 1. The molecule has 1 aromatic carbocycles. The smallest absolute Gasteiger partial charge is 0.0208 e. The van der Waals surface area contributed by atoms with E-state index in [0.717, 1.165) is 18.3 Å². The fourth-order valence-corrected chi connectivity index (χ4v) is 3.92. The lowest BCUT2D eigenvalue weighted by Gasteiger charge is -2.21. The van der Waals surface area contributed by atoms with Gasteiger partial charge in [0.25, 0.3) is 0 Å². The van der Waals surface area contributed by atoms with Crippen LogP contribution in [0, 0.1) is 6.92 Å². The lowest BCUT2D eigenvalue weighted by Crippen LogP contribution is -2.12. The van der Waals surface area contributed by atoms with Crippen LogP contribution in [0.2, 0.25) is 0 Å². The molecule has 0 bridgehead atoms. The van der Waals surface area contributed by atoms with Gasteiger partial charge in [-0.15, -0.1) is 11.8 Å². The third-order valence-corrected chi connectivity index (χ3v) is 5.07. The van der Waals surface area contributed by atoms with Crippen LogP contribution in [0.15, 0.2) is 23.1 Å². The van der Waals surface area contributed by atoms with E-state index in [1.807, 2.05) is 0 Å².